The fourth-order valence-corrected chi connectivity index (χ4v) is 4.03. The molecule has 212 valence electrons. The number of rotatable bonds is 16. The van der Waals surface area contributed by atoms with E-state index in [2.05, 4.69) is 32.1 Å². The van der Waals surface area contributed by atoms with Crippen LogP contribution in [0, 0.1) is 11.3 Å². The van der Waals surface area contributed by atoms with Crippen molar-refractivity contribution in [2.75, 3.05) is 26.9 Å². The molecule has 1 aromatic rings. The van der Waals surface area contributed by atoms with Crippen LogP contribution in [0.3, 0.4) is 0 Å². The normalized spacial score (nSPS) is 17.1. The summed E-state index contributed by atoms with van der Waals surface area (Å²) in [5.41, 5.74) is 1.32. The number of esters is 2. The first-order valence-electron chi connectivity index (χ1n) is 13.7. The number of unbranched alkanes of at least 4 members (excludes halogenated alkanes) is 4. The van der Waals surface area contributed by atoms with E-state index in [1.54, 1.807) is 13.0 Å². The van der Waals surface area contributed by atoms with Crippen LogP contribution in [0.15, 0.2) is 42.5 Å². The second kappa shape index (κ2) is 16.4. The summed E-state index contributed by atoms with van der Waals surface area (Å²) < 4.78 is 28.3. The van der Waals surface area contributed by atoms with Crippen LogP contribution in [0.5, 0.6) is 5.75 Å². The number of benzene rings is 1. The third-order valence-corrected chi connectivity index (χ3v) is 6.39. The molecule has 0 radical (unpaired) electrons. The lowest BCUT2D eigenvalue weighted by Crippen LogP contribution is -2.45. The van der Waals surface area contributed by atoms with Crippen molar-refractivity contribution in [2.24, 2.45) is 11.3 Å². The second-order valence-corrected chi connectivity index (χ2v) is 11.1. The standard InChI is InChI=1S/C31H46O7/c1-23(2)29(33)35-20-24(3)12-10-8-7-9-11-13-27(30-36-21-31(4,5)22-37-30)38-26-17-14-25(15-18-26)16-19-28(32)34-6/h14-19,24,27,30H,1,7-13,20-22H2,2-6H3. The molecule has 1 aliphatic heterocycles. The molecule has 0 bridgehead atoms. The van der Waals surface area contributed by atoms with Gasteiger partial charge in [0.15, 0.2) is 6.29 Å². The smallest absolute Gasteiger partial charge is 0.333 e. The number of ether oxygens (including phenoxy) is 5. The summed E-state index contributed by atoms with van der Waals surface area (Å²) in [6.07, 6.45) is 9.91. The summed E-state index contributed by atoms with van der Waals surface area (Å²) >= 11 is 0. The molecule has 1 aromatic carbocycles. The molecule has 1 fully saturated rings. The number of hydrogen-bond donors (Lipinski definition) is 0. The average molecular weight is 531 g/mol. The fraction of sp³-hybridized carbons (Fsp3) is 0.613. The SMILES string of the molecule is C=C(C)C(=O)OCC(C)CCCCCCCC(Oc1ccc(C=CC(=O)OC)cc1)C1OCC(C)(C)CO1. The van der Waals surface area contributed by atoms with Gasteiger partial charge in [-0.2, -0.15) is 0 Å². The van der Waals surface area contributed by atoms with Crippen LogP contribution < -0.4 is 4.74 Å². The van der Waals surface area contributed by atoms with E-state index >= 15 is 0 Å². The highest BCUT2D eigenvalue weighted by atomic mass is 16.7. The molecule has 7 heteroatoms. The summed E-state index contributed by atoms with van der Waals surface area (Å²) in [7, 11) is 1.35. The van der Waals surface area contributed by atoms with Gasteiger partial charge in [0.25, 0.3) is 0 Å². The van der Waals surface area contributed by atoms with E-state index in [1.165, 1.54) is 13.2 Å². The van der Waals surface area contributed by atoms with Crippen LogP contribution in [0.4, 0.5) is 0 Å². The second-order valence-electron chi connectivity index (χ2n) is 11.1. The Morgan fingerprint density at radius 1 is 1.05 bits per heavy atom. The Kier molecular flexibility index (Phi) is 13.6. The Balaban J connectivity index is 1.78. The highest BCUT2D eigenvalue weighted by Crippen LogP contribution is 2.28. The van der Waals surface area contributed by atoms with Crippen LogP contribution >= 0.6 is 0 Å². The molecule has 0 saturated carbocycles. The van der Waals surface area contributed by atoms with E-state index < -0.39 is 12.3 Å². The van der Waals surface area contributed by atoms with Gasteiger partial charge in [-0.1, -0.05) is 65.2 Å². The first-order valence-corrected chi connectivity index (χ1v) is 13.7. The lowest BCUT2D eigenvalue weighted by molar-refractivity contribution is -0.252. The molecule has 7 nitrogen and oxygen atoms in total. The van der Waals surface area contributed by atoms with Crippen molar-refractivity contribution in [1.82, 2.24) is 0 Å². The van der Waals surface area contributed by atoms with E-state index in [9.17, 15) is 9.59 Å². The molecule has 0 spiro atoms. The van der Waals surface area contributed by atoms with Crippen molar-refractivity contribution in [3.05, 3.63) is 48.1 Å². The van der Waals surface area contributed by atoms with E-state index in [4.69, 9.17) is 18.9 Å². The quantitative estimate of drug-likeness (QED) is 0.137. The lowest BCUT2D eigenvalue weighted by atomic mass is 9.95. The molecule has 38 heavy (non-hydrogen) atoms. The van der Waals surface area contributed by atoms with Gasteiger partial charge in [-0.3, -0.25) is 0 Å². The van der Waals surface area contributed by atoms with E-state index in [0.29, 0.717) is 31.3 Å². The van der Waals surface area contributed by atoms with E-state index in [1.807, 2.05) is 24.3 Å². The Bertz CT molecular complexity index is 893. The topological polar surface area (TPSA) is 80.3 Å². The maximum Gasteiger partial charge on any atom is 0.333 e. The molecule has 2 atom stereocenters. The molecule has 2 rings (SSSR count). The maximum absolute atomic E-state index is 11.5. The van der Waals surface area contributed by atoms with Crippen LogP contribution in [0.2, 0.25) is 0 Å². The van der Waals surface area contributed by atoms with Gasteiger partial charge < -0.3 is 23.7 Å². The molecule has 0 aromatic heterocycles. The third kappa shape index (κ3) is 12.3. The van der Waals surface area contributed by atoms with Gasteiger partial charge in [-0.05, 0) is 55.9 Å². The molecule has 0 N–H and O–H groups in total. The number of methoxy groups -OCH3 is 1. The zero-order valence-electron chi connectivity index (χ0n) is 23.8. The molecule has 0 aliphatic carbocycles. The molecular formula is C31H46O7. The van der Waals surface area contributed by atoms with Gasteiger partial charge in [0.2, 0.25) is 0 Å². The fourth-order valence-electron chi connectivity index (χ4n) is 4.03. The predicted octanol–water partition coefficient (Wildman–Crippen LogP) is 6.51. The van der Waals surface area contributed by atoms with Gasteiger partial charge in [-0.15, -0.1) is 0 Å². The minimum atomic E-state index is -0.398. The van der Waals surface area contributed by atoms with Crippen LogP contribution in [0.25, 0.3) is 6.08 Å². The number of carbonyl (C=O) groups is 2. The van der Waals surface area contributed by atoms with Gasteiger partial charge >= 0.3 is 11.9 Å². The summed E-state index contributed by atoms with van der Waals surface area (Å²) in [5.74, 6) is 0.389. The number of hydrogen-bond acceptors (Lipinski definition) is 7. The van der Waals surface area contributed by atoms with Crippen molar-refractivity contribution >= 4 is 18.0 Å². The van der Waals surface area contributed by atoms with Crippen LogP contribution in [0.1, 0.15) is 78.2 Å². The Morgan fingerprint density at radius 2 is 1.66 bits per heavy atom. The average Bonchev–Trinajstić information content (AvgIpc) is 2.89. The Morgan fingerprint density at radius 3 is 2.26 bits per heavy atom. The first kappa shape index (κ1) is 31.6. The van der Waals surface area contributed by atoms with Gasteiger partial charge in [0.05, 0.1) is 26.9 Å². The van der Waals surface area contributed by atoms with Crippen molar-refractivity contribution in [3.63, 3.8) is 0 Å². The van der Waals surface area contributed by atoms with Crippen LogP contribution in [-0.4, -0.2) is 51.3 Å². The summed E-state index contributed by atoms with van der Waals surface area (Å²) in [6.45, 7) is 13.4. The van der Waals surface area contributed by atoms with Crippen molar-refractivity contribution in [2.45, 2.75) is 85.0 Å². The summed E-state index contributed by atoms with van der Waals surface area (Å²) in [5, 5.41) is 0. The van der Waals surface area contributed by atoms with Gasteiger partial charge in [-0.25, -0.2) is 9.59 Å². The van der Waals surface area contributed by atoms with Crippen molar-refractivity contribution in [1.29, 1.82) is 0 Å². The van der Waals surface area contributed by atoms with Crippen molar-refractivity contribution < 1.29 is 33.3 Å². The van der Waals surface area contributed by atoms with E-state index in [0.717, 1.165) is 56.3 Å². The first-order chi connectivity index (χ1) is 18.1. The maximum atomic E-state index is 11.5. The van der Waals surface area contributed by atoms with Crippen molar-refractivity contribution in [3.8, 4) is 5.75 Å². The minimum Gasteiger partial charge on any atom is -0.485 e. The molecule has 1 aliphatic rings. The van der Waals surface area contributed by atoms with Gasteiger partial charge in [0, 0.05) is 17.1 Å². The number of carbonyl (C=O) groups excluding carboxylic acids is 2. The molecule has 2 unspecified atom stereocenters. The molecule has 0 amide bonds. The minimum absolute atomic E-state index is 0.00531. The highest BCUT2D eigenvalue weighted by molar-refractivity contribution is 5.87. The molecule has 1 saturated heterocycles. The van der Waals surface area contributed by atoms with Gasteiger partial charge in [0.1, 0.15) is 11.9 Å². The third-order valence-electron chi connectivity index (χ3n) is 6.39. The summed E-state index contributed by atoms with van der Waals surface area (Å²) in [6, 6.07) is 7.59. The Labute approximate surface area is 228 Å². The largest absolute Gasteiger partial charge is 0.485 e. The zero-order chi connectivity index (χ0) is 28.0. The molecule has 1 heterocycles. The Hall–Kier alpha value is -2.64. The monoisotopic (exact) mass is 530 g/mol. The molecular weight excluding hydrogens is 484 g/mol. The van der Waals surface area contributed by atoms with Crippen LogP contribution in [-0.2, 0) is 28.5 Å². The summed E-state index contributed by atoms with van der Waals surface area (Å²) in [4.78, 5) is 22.8. The zero-order valence-corrected chi connectivity index (χ0v) is 23.8. The lowest BCUT2D eigenvalue weighted by Gasteiger charge is -2.38. The highest BCUT2D eigenvalue weighted by Gasteiger charge is 2.34. The van der Waals surface area contributed by atoms with E-state index in [-0.39, 0.29) is 17.5 Å². The predicted molar refractivity (Wildman–Crippen MR) is 149 cm³/mol.